The normalized spacial score (nSPS) is 10.3. The number of benzene rings is 2. The molecule has 0 bridgehead atoms. The molecule has 0 saturated carbocycles. The van der Waals surface area contributed by atoms with Gasteiger partial charge in [-0.15, -0.1) is 0 Å². The second-order valence-corrected chi connectivity index (χ2v) is 6.58. The molecular weight excluding hydrogens is 374 g/mol. The summed E-state index contributed by atoms with van der Waals surface area (Å²) in [7, 11) is 1.70. The number of aromatic nitrogens is 3. The first-order valence-electron chi connectivity index (χ1n) is 10.6. The maximum Gasteiger partial charge on any atom is 0.110 e. The van der Waals surface area contributed by atoms with Gasteiger partial charge < -0.3 is 14.4 Å². The van der Waals surface area contributed by atoms with Crippen molar-refractivity contribution in [3.63, 3.8) is 0 Å². The smallest absolute Gasteiger partial charge is 0.110 e. The average molecular weight is 408 g/mol. The number of pyridine rings is 1. The molecule has 0 radical (unpaired) electrons. The molecule has 0 spiro atoms. The van der Waals surface area contributed by atoms with Crippen molar-refractivity contribution in [3.05, 3.63) is 72.2 Å². The molecule has 5 heteroatoms. The Morgan fingerprint density at radius 3 is 2.33 bits per heavy atom. The molecule has 0 amide bonds. The number of aliphatic hydroxyl groups is 1. The SMILES string of the molecule is CC.CCCc1nc2cnc3ccccc3c2n1CCO.COCc1ccccc1. The molecule has 5 nitrogen and oxygen atoms in total. The maximum absolute atomic E-state index is 9.30. The number of ether oxygens (including phenoxy) is 1. The second-order valence-electron chi connectivity index (χ2n) is 6.58. The quantitative estimate of drug-likeness (QED) is 0.466. The lowest BCUT2D eigenvalue weighted by atomic mass is 10.2. The number of rotatable bonds is 6. The van der Waals surface area contributed by atoms with Crippen LogP contribution >= 0.6 is 0 Å². The lowest BCUT2D eigenvalue weighted by Gasteiger charge is -2.08. The highest BCUT2D eigenvalue weighted by atomic mass is 16.5. The van der Waals surface area contributed by atoms with E-state index in [1.165, 1.54) is 5.56 Å². The van der Waals surface area contributed by atoms with Gasteiger partial charge in [0.15, 0.2) is 0 Å². The lowest BCUT2D eigenvalue weighted by molar-refractivity contribution is 0.185. The zero-order valence-electron chi connectivity index (χ0n) is 18.5. The van der Waals surface area contributed by atoms with Gasteiger partial charge in [0.1, 0.15) is 11.3 Å². The summed E-state index contributed by atoms with van der Waals surface area (Å²) in [5.74, 6) is 1.03. The van der Waals surface area contributed by atoms with E-state index >= 15 is 0 Å². The molecule has 0 unspecified atom stereocenters. The molecule has 1 N–H and O–H groups in total. The first kappa shape index (κ1) is 23.5. The summed E-state index contributed by atoms with van der Waals surface area (Å²) in [5, 5.41) is 10.4. The van der Waals surface area contributed by atoms with E-state index in [2.05, 4.69) is 27.5 Å². The van der Waals surface area contributed by atoms with Crippen LogP contribution in [0, 0.1) is 0 Å². The van der Waals surface area contributed by atoms with Gasteiger partial charge in [-0.1, -0.05) is 69.3 Å². The van der Waals surface area contributed by atoms with Crippen LogP contribution in [-0.2, 0) is 24.3 Å². The number of aliphatic hydroxyl groups excluding tert-OH is 1. The van der Waals surface area contributed by atoms with Crippen LogP contribution in [0.1, 0.15) is 38.6 Å². The summed E-state index contributed by atoms with van der Waals surface area (Å²) in [6, 6.07) is 18.2. The summed E-state index contributed by atoms with van der Waals surface area (Å²) < 4.78 is 7.06. The highest BCUT2D eigenvalue weighted by Gasteiger charge is 2.13. The predicted octanol–water partition coefficient (Wildman–Crippen LogP) is 5.39. The Morgan fingerprint density at radius 1 is 0.967 bits per heavy atom. The highest BCUT2D eigenvalue weighted by molar-refractivity contribution is 6.02. The fraction of sp³-hybridized carbons (Fsp3) is 0.360. The van der Waals surface area contributed by atoms with Crippen molar-refractivity contribution >= 4 is 21.9 Å². The van der Waals surface area contributed by atoms with Crippen LogP contribution in [-0.4, -0.2) is 33.4 Å². The van der Waals surface area contributed by atoms with Gasteiger partial charge >= 0.3 is 0 Å². The average Bonchev–Trinajstić information content (AvgIpc) is 3.15. The third-order valence-corrected chi connectivity index (χ3v) is 4.51. The largest absolute Gasteiger partial charge is 0.395 e. The molecule has 4 aromatic rings. The molecule has 0 aliphatic heterocycles. The second kappa shape index (κ2) is 12.7. The molecule has 0 saturated heterocycles. The summed E-state index contributed by atoms with van der Waals surface area (Å²) in [4.78, 5) is 9.11. The van der Waals surface area contributed by atoms with Crippen molar-refractivity contribution in [2.24, 2.45) is 0 Å². The molecule has 0 aliphatic carbocycles. The van der Waals surface area contributed by atoms with E-state index in [1.54, 1.807) is 7.11 Å². The van der Waals surface area contributed by atoms with Crippen LogP contribution < -0.4 is 0 Å². The molecule has 30 heavy (non-hydrogen) atoms. The van der Waals surface area contributed by atoms with Gasteiger partial charge in [-0.25, -0.2) is 4.98 Å². The van der Waals surface area contributed by atoms with Crippen LogP contribution in [0.3, 0.4) is 0 Å². The third-order valence-electron chi connectivity index (χ3n) is 4.51. The fourth-order valence-corrected chi connectivity index (χ4v) is 3.31. The standard InChI is InChI=1S/C15H17N3O.C8H10O.C2H6/c1-2-5-14-17-13-10-16-12-7-4-3-6-11(12)15(13)18(14)8-9-19;1-9-7-8-5-3-2-4-6-8;1-2/h3-4,6-7,10,19H,2,5,8-9H2,1H3;2-6H,7H2,1H3;1-2H3. The van der Waals surface area contributed by atoms with Crippen molar-refractivity contribution in [3.8, 4) is 0 Å². The monoisotopic (exact) mass is 407 g/mol. The number of hydrogen-bond acceptors (Lipinski definition) is 4. The molecule has 4 rings (SSSR count). The Bertz CT molecular complexity index is 1010. The fourth-order valence-electron chi connectivity index (χ4n) is 3.31. The lowest BCUT2D eigenvalue weighted by Crippen LogP contribution is -2.07. The van der Waals surface area contributed by atoms with Crippen molar-refractivity contribution in [2.45, 2.75) is 46.8 Å². The van der Waals surface area contributed by atoms with Gasteiger partial charge in [0.05, 0.1) is 30.4 Å². The van der Waals surface area contributed by atoms with E-state index in [9.17, 15) is 5.11 Å². The van der Waals surface area contributed by atoms with Crippen LogP contribution in [0.4, 0.5) is 0 Å². The number of fused-ring (bicyclic) bond motifs is 3. The first-order valence-corrected chi connectivity index (χ1v) is 10.6. The number of para-hydroxylation sites is 1. The van der Waals surface area contributed by atoms with Gasteiger partial charge in [-0.3, -0.25) is 4.98 Å². The number of nitrogens with zero attached hydrogens (tertiary/aromatic N) is 3. The summed E-state index contributed by atoms with van der Waals surface area (Å²) in [6.07, 6.45) is 3.79. The Morgan fingerprint density at radius 2 is 1.67 bits per heavy atom. The van der Waals surface area contributed by atoms with Crippen LogP contribution in [0.5, 0.6) is 0 Å². The highest BCUT2D eigenvalue weighted by Crippen LogP contribution is 2.25. The number of methoxy groups -OCH3 is 1. The number of hydrogen-bond donors (Lipinski definition) is 1. The van der Waals surface area contributed by atoms with E-state index in [0.717, 1.165) is 40.6 Å². The molecule has 2 heterocycles. The minimum atomic E-state index is 0.124. The van der Waals surface area contributed by atoms with Crippen molar-refractivity contribution < 1.29 is 9.84 Å². The maximum atomic E-state index is 9.30. The zero-order valence-corrected chi connectivity index (χ0v) is 18.5. The Balaban J connectivity index is 0.000000245. The van der Waals surface area contributed by atoms with E-state index in [1.807, 2.05) is 68.6 Å². The van der Waals surface area contributed by atoms with E-state index in [0.29, 0.717) is 13.2 Å². The minimum absolute atomic E-state index is 0.124. The van der Waals surface area contributed by atoms with Crippen LogP contribution in [0.25, 0.3) is 21.9 Å². The first-order chi connectivity index (χ1) is 14.8. The zero-order chi connectivity index (χ0) is 21.8. The van der Waals surface area contributed by atoms with Gasteiger partial charge in [0.25, 0.3) is 0 Å². The van der Waals surface area contributed by atoms with Crippen LogP contribution in [0.2, 0.25) is 0 Å². The molecule has 160 valence electrons. The molecule has 0 fully saturated rings. The molecule has 2 aromatic heterocycles. The van der Waals surface area contributed by atoms with Gasteiger partial charge in [-0.05, 0) is 18.1 Å². The van der Waals surface area contributed by atoms with Crippen molar-refractivity contribution in [2.75, 3.05) is 13.7 Å². The van der Waals surface area contributed by atoms with Gasteiger partial charge in [0, 0.05) is 25.5 Å². The van der Waals surface area contributed by atoms with Gasteiger partial charge in [0.2, 0.25) is 0 Å². The number of aryl methyl sites for hydroxylation is 1. The summed E-state index contributed by atoms with van der Waals surface area (Å²) >= 11 is 0. The van der Waals surface area contributed by atoms with E-state index in [-0.39, 0.29) is 6.61 Å². The predicted molar refractivity (Wildman–Crippen MR) is 125 cm³/mol. The van der Waals surface area contributed by atoms with E-state index in [4.69, 9.17) is 4.74 Å². The van der Waals surface area contributed by atoms with Gasteiger partial charge in [-0.2, -0.15) is 0 Å². The van der Waals surface area contributed by atoms with E-state index < -0.39 is 0 Å². The summed E-state index contributed by atoms with van der Waals surface area (Å²) in [6.45, 7) is 7.55. The third kappa shape index (κ3) is 5.88. The topological polar surface area (TPSA) is 60.2 Å². The molecule has 0 atom stereocenters. The summed E-state index contributed by atoms with van der Waals surface area (Å²) in [5.41, 5.74) is 4.19. The Kier molecular flexibility index (Phi) is 9.98. The van der Waals surface area contributed by atoms with Crippen molar-refractivity contribution in [1.82, 2.24) is 14.5 Å². The minimum Gasteiger partial charge on any atom is -0.395 e. The molecule has 0 aliphatic rings. The Hall–Kier alpha value is -2.76. The van der Waals surface area contributed by atoms with Crippen molar-refractivity contribution in [1.29, 1.82) is 0 Å². The number of imidazole rings is 1. The Labute approximate surface area is 179 Å². The molecule has 2 aromatic carbocycles. The molecular formula is C25H33N3O2. The van der Waals surface area contributed by atoms with Crippen LogP contribution in [0.15, 0.2) is 60.8 Å².